The number of carbonyl (C=O) groups is 2. The van der Waals surface area contributed by atoms with Crippen LogP contribution in [0.4, 0.5) is 11.4 Å². The summed E-state index contributed by atoms with van der Waals surface area (Å²) >= 11 is 1.13. The molecule has 0 aromatic heterocycles. The molecule has 0 bridgehead atoms. The van der Waals surface area contributed by atoms with Crippen molar-refractivity contribution in [3.63, 3.8) is 0 Å². The van der Waals surface area contributed by atoms with Gasteiger partial charge in [-0.3, -0.25) is 14.9 Å². The van der Waals surface area contributed by atoms with E-state index in [1.165, 1.54) is 18.2 Å². The number of carbonyl (C=O) groups excluding carboxylic acids is 1. The molecule has 11 heteroatoms. The number of hydrogen-bond acceptors (Lipinski definition) is 8. The molecular formula is C21H19N3O7S. The summed E-state index contributed by atoms with van der Waals surface area (Å²) < 4.78 is 10.7. The van der Waals surface area contributed by atoms with Crippen molar-refractivity contribution in [2.24, 2.45) is 4.99 Å². The van der Waals surface area contributed by atoms with Gasteiger partial charge in [0, 0.05) is 12.1 Å². The lowest BCUT2D eigenvalue weighted by molar-refractivity contribution is -0.384. The number of aryl methyl sites for hydroxylation is 1. The molecule has 0 aliphatic carbocycles. The average molecular weight is 457 g/mol. The van der Waals surface area contributed by atoms with E-state index in [0.29, 0.717) is 39.2 Å². The van der Waals surface area contributed by atoms with Gasteiger partial charge in [0.1, 0.15) is 0 Å². The predicted octanol–water partition coefficient (Wildman–Crippen LogP) is 3.66. The third kappa shape index (κ3) is 5.64. The van der Waals surface area contributed by atoms with Gasteiger partial charge in [0.25, 0.3) is 11.6 Å². The van der Waals surface area contributed by atoms with E-state index in [-0.39, 0.29) is 17.3 Å². The van der Waals surface area contributed by atoms with Crippen molar-refractivity contribution in [3.8, 4) is 11.5 Å². The molecule has 0 saturated carbocycles. The van der Waals surface area contributed by atoms with Gasteiger partial charge in [-0.05, 0) is 61.0 Å². The number of nitro groups is 1. The van der Waals surface area contributed by atoms with E-state index in [4.69, 9.17) is 14.6 Å². The fourth-order valence-electron chi connectivity index (χ4n) is 2.76. The van der Waals surface area contributed by atoms with Crippen LogP contribution in [-0.2, 0) is 9.59 Å². The molecule has 0 spiro atoms. The molecule has 1 heterocycles. The number of rotatable bonds is 8. The van der Waals surface area contributed by atoms with Crippen molar-refractivity contribution < 1.29 is 29.1 Å². The van der Waals surface area contributed by atoms with Crippen LogP contribution >= 0.6 is 11.8 Å². The van der Waals surface area contributed by atoms with E-state index in [1.807, 2.05) is 0 Å². The number of nitrogens with one attached hydrogen (secondary N) is 1. The van der Waals surface area contributed by atoms with Crippen molar-refractivity contribution in [3.05, 3.63) is 62.5 Å². The maximum Gasteiger partial charge on any atom is 0.341 e. The van der Waals surface area contributed by atoms with E-state index in [1.54, 1.807) is 38.1 Å². The Labute approximate surface area is 187 Å². The van der Waals surface area contributed by atoms with E-state index in [0.717, 1.165) is 11.8 Å². The summed E-state index contributed by atoms with van der Waals surface area (Å²) in [4.78, 5) is 38.3. The summed E-state index contributed by atoms with van der Waals surface area (Å²) in [6.07, 6.45) is 1.65. The first-order valence-corrected chi connectivity index (χ1v) is 10.2. The molecule has 32 heavy (non-hydrogen) atoms. The van der Waals surface area contributed by atoms with Gasteiger partial charge in [0.2, 0.25) is 0 Å². The molecule has 1 aliphatic heterocycles. The van der Waals surface area contributed by atoms with Crippen LogP contribution in [-0.4, -0.2) is 40.3 Å². The van der Waals surface area contributed by atoms with Gasteiger partial charge in [-0.25, -0.2) is 9.79 Å². The Morgan fingerprint density at radius 2 is 2.03 bits per heavy atom. The second kappa shape index (κ2) is 9.96. The molecule has 10 nitrogen and oxygen atoms in total. The molecule has 3 rings (SSSR count). The highest BCUT2D eigenvalue weighted by Crippen LogP contribution is 2.33. The highest BCUT2D eigenvalue weighted by Gasteiger charge is 2.24. The normalized spacial score (nSPS) is 15.6. The van der Waals surface area contributed by atoms with Crippen LogP contribution in [0.1, 0.15) is 18.1 Å². The summed E-state index contributed by atoms with van der Waals surface area (Å²) in [6, 6.07) is 9.20. The topological polar surface area (TPSA) is 140 Å². The van der Waals surface area contributed by atoms with Crippen molar-refractivity contribution in [1.82, 2.24) is 5.32 Å². The molecule has 2 aromatic carbocycles. The third-order valence-electron chi connectivity index (χ3n) is 4.18. The van der Waals surface area contributed by atoms with E-state index < -0.39 is 17.5 Å². The first-order chi connectivity index (χ1) is 15.3. The standard InChI is InChI=1S/C21H19N3O7S/c1-3-30-17-9-13(4-7-16(17)31-11-19(25)26)10-18-20(27)23-21(32-18)22-15-6-5-14(24(28)29)8-12(15)2/h4-10H,3,11H2,1-2H3,(H,25,26)(H,22,23,27)/b18-10+. The van der Waals surface area contributed by atoms with Crippen LogP contribution in [0.15, 0.2) is 46.3 Å². The second-order valence-electron chi connectivity index (χ2n) is 6.53. The quantitative estimate of drug-likeness (QED) is 0.348. The molecular weight excluding hydrogens is 438 g/mol. The SMILES string of the molecule is CCOc1cc(/C=C2/SC(=Nc3ccc([N+](=O)[O-])cc3C)NC2=O)ccc1OCC(=O)O. The van der Waals surface area contributed by atoms with E-state index >= 15 is 0 Å². The number of amidine groups is 1. The molecule has 166 valence electrons. The summed E-state index contributed by atoms with van der Waals surface area (Å²) in [6.45, 7) is 3.34. The first kappa shape index (κ1) is 22.8. The fraction of sp³-hybridized carbons (Fsp3) is 0.190. The highest BCUT2D eigenvalue weighted by molar-refractivity contribution is 8.18. The maximum absolute atomic E-state index is 12.4. The second-order valence-corrected chi connectivity index (χ2v) is 7.56. The van der Waals surface area contributed by atoms with Crippen LogP contribution in [0.5, 0.6) is 11.5 Å². The summed E-state index contributed by atoms with van der Waals surface area (Å²) in [5.41, 5.74) is 1.74. The van der Waals surface area contributed by atoms with E-state index in [9.17, 15) is 19.7 Å². The molecule has 0 radical (unpaired) electrons. The van der Waals surface area contributed by atoms with Crippen molar-refractivity contribution in [2.45, 2.75) is 13.8 Å². The van der Waals surface area contributed by atoms with Crippen LogP contribution in [0, 0.1) is 17.0 Å². The molecule has 1 saturated heterocycles. The number of ether oxygens (including phenoxy) is 2. The minimum Gasteiger partial charge on any atom is -0.490 e. The first-order valence-electron chi connectivity index (χ1n) is 9.43. The zero-order valence-electron chi connectivity index (χ0n) is 17.2. The number of thioether (sulfide) groups is 1. The number of non-ortho nitro benzene ring substituents is 1. The molecule has 2 aromatic rings. The number of benzene rings is 2. The Hall–Kier alpha value is -3.86. The Morgan fingerprint density at radius 1 is 1.25 bits per heavy atom. The summed E-state index contributed by atoms with van der Waals surface area (Å²) in [7, 11) is 0. The lowest BCUT2D eigenvalue weighted by atomic mass is 10.2. The van der Waals surface area contributed by atoms with E-state index in [2.05, 4.69) is 10.3 Å². The van der Waals surface area contributed by atoms with Gasteiger partial charge >= 0.3 is 5.97 Å². The molecule has 0 atom stereocenters. The van der Waals surface area contributed by atoms with Crippen LogP contribution < -0.4 is 14.8 Å². The summed E-state index contributed by atoms with van der Waals surface area (Å²) in [5, 5.41) is 22.7. The molecule has 2 N–H and O–H groups in total. The van der Waals surface area contributed by atoms with Crippen molar-refractivity contribution in [1.29, 1.82) is 0 Å². The minimum atomic E-state index is -1.10. The van der Waals surface area contributed by atoms with Crippen molar-refractivity contribution >= 4 is 46.3 Å². The molecule has 1 amide bonds. The predicted molar refractivity (Wildman–Crippen MR) is 119 cm³/mol. The number of amides is 1. The lowest BCUT2D eigenvalue weighted by Crippen LogP contribution is -2.19. The van der Waals surface area contributed by atoms with Gasteiger partial charge < -0.3 is 19.9 Å². The Morgan fingerprint density at radius 3 is 2.69 bits per heavy atom. The molecule has 1 aliphatic rings. The molecule has 1 fully saturated rings. The number of aliphatic imine (C=N–C) groups is 1. The Bertz CT molecular complexity index is 1140. The van der Waals surface area contributed by atoms with Crippen LogP contribution in [0.2, 0.25) is 0 Å². The minimum absolute atomic E-state index is 0.0315. The number of carboxylic acid groups (broad SMARTS) is 1. The maximum atomic E-state index is 12.4. The summed E-state index contributed by atoms with van der Waals surface area (Å²) in [5.74, 6) is -0.789. The number of nitro benzene ring substituents is 1. The number of aliphatic carboxylic acids is 1. The Balaban J connectivity index is 1.82. The highest BCUT2D eigenvalue weighted by atomic mass is 32.2. The third-order valence-corrected chi connectivity index (χ3v) is 5.09. The molecule has 0 unspecified atom stereocenters. The number of nitrogens with zero attached hydrogens (tertiary/aromatic N) is 2. The largest absolute Gasteiger partial charge is 0.490 e. The number of hydrogen-bond donors (Lipinski definition) is 2. The van der Waals surface area contributed by atoms with Gasteiger partial charge in [-0.15, -0.1) is 0 Å². The zero-order valence-corrected chi connectivity index (χ0v) is 18.0. The van der Waals surface area contributed by atoms with Crippen LogP contribution in [0.3, 0.4) is 0 Å². The number of carboxylic acids is 1. The van der Waals surface area contributed by atoms with Gasteiger partial charge in [-0.2, -0.15) is 0 Å². The fourth-order valence-corrected chi connectivity index (χ4v) is 3.60. The Kier molecular flexibility index (Phi) is 7.11. The van der Waals surface area contributed by atoms with Gasteiger partial charge in [0.05, 0.1) is 22.1 Å². The van der Waals surface area contributed by atoms with Gasteiger partial charge in [-0.1, -0.05) is 6.07 Å². The van der Waals surface area contributed by atoms with Gasteiger partial charge in [0.15, 0.2) is 23.3 Å². The zero-order chi connectivity index (χ0) is 23.3. The smallest absolute Gasteiger partial charge is 0.341 e. The van der Waals surface area contributed by atoms with Crippen molar-refractivity contribution in [2.75, 3.05) is 13.2 Å². The average Bonchev–Trinajstić information content (AvgIpc) is 3.07. The monoisotopic (exact) mass is 457 g/mol. The lowest BCUT2D eigenvalue weighted by Gasteiger charge is -2.11. The van der Waals surface area contributed by atoms with Crippen LogP contribution in [0.25, 0.3) is 6.08 Å².